The van der Waals surface area contributed by atoms with Crippen molar-refractivity contribution in [2.45, 2.75) is 32.6 Å². The third kappa shape index (κ3) is 3.89. The Hall–Kier alpha value is -1.10. The highest BCUT2D eigenvalue weighted by atomic mass is 15.5. The molecule has 0 aromatic rings. The number of hydrogen-bond acceptors (Lipinski definition) is 5. The first-order valence-electron chi connectivity index (χ1n) is 4.66. The molecule has 0 saturated heterocycles. The Morgan fingerprint density at radius 1 is 1.15 bits per heavy atom. The molecule has 0 fully saturated rings. The number of nitrogens with zero attached hydrogens (tertiary/aromatic N) is 2. The van der Waals surface area contributed by atoms with E-state index >= 15 is 0 Å². The predicted molar refractivity (Wildman–Crippen MR) is 54.3 cm³/mol. The van der Waals surface area contributed by atoms with Crippen LogP contribution >= 0.6 is 0 Å². The fourth-order valence-corrected chi connectivity index (χ4v) is 1.07. The monoisotopic (exact) mass is 183 g/mol. The first-order chi connectivity index (χ1) is 6.33. The molecule has 0 atom stereocenters. The minimum absolute atomic E-state index is 0.773. The molecule has 74 valence electrons. The Balaban J connectivity index is 2.15. The first kappa shape index (κ1) is 9.98. The molecule has 5 heteroatoms. The molecule has 5 nitrogen and oxygen atoms in total. The second kappa shape index (κ2) is 5.53. The molecule has 1 heterocycles. The zero-order chi connectivity index (χ0) is 9.52. The minimum atomic E-state index is 0.773. The molecule has 0 aromatic heterocycles. The van der Waals surface area contributed by atoms with Crippen molar-refractivity contribution in [1.29, 1.82) is 0 Å². The predicted octanol–water partition coefficient (Wildman–Crippen LogP) is 0.345. The standard InChI is InChI=1S/C8H17N5/c1-7-10-12-8(13-11-7)5-3-2-4-6-9/h2-6,9H2,1H3,(H,10,11)(H,12,13). The lowest BCUT2D eigenvalue weighted by Gasteiger charge is -2.13. The quantitative estimate of drug-likeness (QED) is 0.538. The molecule has 0 spiro atoms. The van der Waals surface area contributed by atoms with Gasteiger partial charge in [-0.1, -0.05) is 6.42 Å². The normalized spacial score (nSPS) is 15.5. The van der Waals surface area contributed by atoms with Gasteiger partial charge in [0, 0.05) is 6.42 Å². The summed E-state index contributed by atoms with van der Waals surface area (Å²) in [7, 11) is 0. The van der Waals surface area contributed by atoms with E-state index in [1.54, 1.807) is 0 Å². The summed E-state index contributed by atoms with van der Waals surface area (Å²) in [5.74, 6) is 1.70. The average Bonchev–Trinajstić information content (AvgIpc) is 2.15. The third-order valence-corrected chi connectivity index (χ3v) is 1.83. The number of hydrogen-bond donors (Lipinski definition) is 3. The van der Waals surface area contributed by atoms with Crippen molar-refractivity contribution < 1.29 is 0 Å². The van der Waals surface area contributed by atoms with Crippen LogP contribution in [0, 0.1) is 0 Å². The van der Waals surface area contributed by atoms with Crippen LogP contribution in [0.4, 0.5) is 0 Å². The summed E-state index contributed by atoms with van der Waals surface area (Å²) < 4.78 is 0. The Morgan fingerprint density at radius 3 is 2.62 bits per heavy atom. The fourth-order valence-electron chi connectivity index (χ4n) is 1.07. The largest absolute Gasteiger partial charge is 0.330 e. The SMILES string of the molecule is CC1=NN=C(CCCCCN)NN1. The van der Waals surface area contributed by atoms with E-state index in [2.05, 4.69) is 21.1 Å². The van der Waals surface area contributed by atoms with Crippen LogP contribution < -0.4 is 16.6 Å². The maximum absolute atomic E-state index is 5.39. The summed E-state index contributed by atoms with van der Waals surface area (Å²) in [6.45, 7) is 2.64. The molecule has 0 radical (unpaired) electrons. The van der Waals surface area contributed by atoms with Crippen molar-refractivity contribution in [3.63, 3.8) is 0 Å². The third-order valence-electron chi connectivity index (χ3n) is 1.83. The lowest BCUT2D eigenvalue weighted by molar-refractivity contribution is 0.685. The van der Waals surface area contributed by atoms with Gasteiger partial charge in [-0.05, 0) is 26.3 Å². The molecule has 1 aliphatic rings. The smallest absolute Gasteiger partial charge is 0.143 e. The maximum atomic E-state index is 5.39. The lowest BCUT2D eigenvalue weighted by atomic mass is 10.2. The summed E-state index contributed by atoms with van der Waals surface area (Å²) in [6.07, 6.45) is 4.28. The van der Waals surface area contributed by atoms with Gasteiger partial charge in [0.1, 0.15) is 11.7 Å². The van der Waals surface area contributed by atoms with E-state index in [0.29, 0.717) is 0 Å². The van der Waals surface area contributed by atoms with Crippen LogP contribution in [0.25, 0.3) is 0 Å². The van der Waals surface area contributed by atoms with Gasteiger partial charge in [-0.15, -0.1) is 10.2 Å². The van der Waals surface area contributed by atoms with Gasteiger partial charge in [-0.2, -0.15) is 0 Å². The van der Waals surface area contributed by atoms with Gasteiger partial charge in [0.2, 0.25) is 0 Å². The zero-order valence-corrected chi connectivity index (χ0v) is 8.01. The van der Waals surface area contributed by atoms with Gasteiger partial charge in [0.25, 0.3) is 0 Å². The highest BCUT2D eigenvalue weighted by molar-refractivity contribution is 5.89. The Morgan fingerprint density at radius 2 is 2.00 bits per heavy atom. The van der Waals surface area contributed by atoms with Crippen LogP contribution in [0.5, 0.6) is 0 Å². The second-order valence-corrected chi connectivity index (χ2v) is 3.08. The van der Waals surface area contributed by atoms with Gasteiger partial charge in [0.15, 0.2) is 0 Å². The zero-order valence-electron chi connectivity index (χ0n) is 8.01. The molecular weight excluding hydrogens is 166 g/mol. The number of unbranched alkanes of at least 4 members (excludes halogenated alkanes) is 2. The summed E-state index contributed by atoms with van der Waals surface area (Å²) >= 11 is 0. The average molecular weight is 183 g/mol. The summed E-state index contributed by atoms with van der Waals surface area (Å²) in [6, 6.07) is 0. The topological polar surface area (TPSA) is 74.8 Å². The highest BCUT2D eigenvalue weighted by Gasteiger charge is 2.02. The van der Waals surface area contributed by atoms with Crippen molar-refractivity contribution in [2.75, 3.05) is 6.54 Å². The van der Waals surface area contributed by atoms with Crippen LogP contribution in [0.2, 0.25) is 0 Å². The lowest BCUT2D eigenvalue weighted by Crippen LogP contribution is -2.42. The van der Waals surface area contributed by atoms with Crippen LogP contribution in [-0.2, 0) is 0 Å². The van der Waals surface area contributed by atoms with Crippen molar-refractivity contribution in [3.8, 4) is 0 Å². The second-order valence-electron chi connectivity index (χ2n) is 3.08. The molecular formula is C8H17N5. The van der Waals surface area contributed by atoms with Crippen molar-refractivity contribution in [3.05, 3.63) is 0 Å². The van der Waals surface area contributed by atoms with E-state index in [4.69, 9.17) is 5.73 Å². The number of nitrogens with two attached hydrogens (primary N) is 1. The number of nitrogens with one attached hydrogen (secondary N) is 2. The van der Waals surface area contributed by atoms with E-state index < -0.39 is 0 Å². The fraction of sp³-hybridized carbons (Fsp3) is 0.750. The Labute approximate surface area is 78.5 Å². The Kier molecular flexibility index (Phi) is 4.25. The molecule has 1 aliphatic heterocycles. The molecule has 13 heavy (non-hydrogen) atoms. The first-order valence-corrected chi connectivity index (χ1v) is 4.66. The van der Waals surface area contributed by atoms with Crippen molar-refractivity contribution in [2.24, 2.45) is 15.9 Å². The van der Waals surface area contributed by atoms with Crippen LogP contribution in [-0.4, -0.2) is 18.2 Å². The molecule has 0 aliphatic carbocycles. The summed E-state index contributed by atoms with van der Waals surface area (Å²) in [5.41, 5.74) is 11.3. The van der Waals surface area contributed by atoms with E-state index in [0.717, 1.165) is 43.9 Å². The molecule has 4 N–H and O–H groups in total. The van der Waals surface area contributed by atoms with Gasteiger partial charge in [0.05, 0.1) is 0 Å². The highest BCUT2D eigenvalue weighted by Crippen LogP contribution is 2.00. The van der Waals surface area contributed by atoms with E-state index in [1.807, 2.05) is 6.92 Å². The number of hydrazine groups is 1. The summed E-state index contributed by atoms with van der Waals surface area (Å²) in [5, 5.41) is 7.92. The van der Waals surface area contributed by atoms with Crippen LogP contribution in [0.15, 0.2) is 10.2 Å². The molecule has 0 bridgehead atoms. The van der Waals surface area contributed by atoms with Gasteiger partial charge < -0.3 is 5.73 Å². The summed E-state index contributed by atoms with van der Waals surface area (Å²) in [4.78, 5) is 0. The molecule has 0 saturated carbocycles. The molecule has 0 aromatic carbocycles. The van der Waals surface area contributed by atoms with E-state index in [9.17, 15) is 0 Å². The van der Waals surface area contributed by atoms with Gasteiger partial charge >= 0.3 is 0 Å². The maximum Gasteiger partial charge on any atom is 0.143 e. The van der Waals surface area contributed by atoms with E-state index in [-0.39, 0.29) is 0 Å². The van der Waals surface area contributed by atoms with Crippen LogP contribution in [0.3, 0.4) is 0 Å². The molecule has 1 rings (SSSR count). The number of amidine groups is 2. The van der Waals surface area contributed by atoms with Crippen molar-refractivity contribution >= 4 is 11.7 Å². The molecule has 0 unspecified atom stereocenters. The minimum Gasteiger partial charge on any atom is -0.330 e. The van der Waals surface area contributed by atoms with E-state index in [1.165, 1.54) is 0 Å². The molecule has 0 amide bonds. The van der Waals surface area contributed by atoms with Gasteiger partial charge in [-0.25, -0.2) is 0 Å². The number of rotatable bonds is 5. The van der Waals surface area contributed by atoms with Crippen LogP contribution in [0.1, 0.15) is 32.6 Å². The van der Waals surface area contributed by atoms with Gasteiger partial charge in [-0.3, -0.25) is 10.9 Å². The van der Waals surface area contributed by atoms with Crippen molar-refractivity contribution in [1.82, 2.24) is 10.9 Å². The Bertz CT molecular complexity index is 209.